The van der Waals surface area contributed by atoms with E-state index in [0.29, 0.717) is 17.5 Å². The molecule has 2 atom stereocenters. The standard InChI is InChI=1S/C15H20N4O2/c1-9-5-10(2)7-11(6-9)16-15-17-13-4-3-12(19(20)21)8-14(13)18-15/h3-4,8-11H,5-7H2,1-2H3,(H2,16,17,18). The van der Waals surface area contributed by atoms with Crippen LogP contribution < -0.4 is 5.32 Å². The molecule has 0 spiro atoms. The first kappa shape index (κ1) is 13.9. The Kier molecular flexibility index (Phi) is 3.53. The Morgan fingerprint density at radius 1 is 1.29 bits per heavy atom. The number of nitrogens with one attached hydrogen (secondary N) is 2. The van der Waals surface area contributed by atoms with Gasteiger partial charge in [0.25, 0.3) is 5.69 Å². The number of fused-ring (bicyclic) bond motifs is 1. The van der Waals surface area contributed by atoms with E-state index >= 15 is 0 Å². The molecule has 21 heavy (non-hydrogen) atoms. The van der Waals surface area contributed by atoms with Crippen molar-refractivity contribution in [1.82, 2.24) is 9.97 Å². The van der Waals surface area contributed by atoms with Gasteiger partial charge in [-0.25, -0.2) is 4.98 Å². The minimum Gasteiger partial charge on any atom is -0.353 e. The van der Waals surface area contributed by atoms with Crippen LogP contribution in [0.3, 0.4) is 0 Å². The van der Waals surface area contributed by atoms with Crippen molar-refractivity contribution in [2.75, 3.05) is 5.32 Å². The van der Waals surface area contributed by atoms with Crippen molar-refractivity contribution in [3.05, 3.63) is 28.3 Å². The van der Waals surface area contributed by atoms with Crippen LogP contribution in [0.15, 0.2) is 18.2 Å². The largest absolute Gasteiger partial charge is 0.353 e. The molecular weight excluding hydrogens is 268 g/mol. The number of aromatic amines is 1. The Labute approximate surface area is 123 Å². The Morgan fingerprint density at radius 2 is 2.00 bits per heavy atom. The molecule has 2 N–H and O–H groups in total. The highest BCUT2D eigenvalue weighted by atomic mass is 16.6. The lowest BCUT2D eigenvalue weighted by atomic mass is 9.80. The highest BCUT2D eigenvalue weighted by Crippen LogP contribution is 2.30. The molecule has 0 radical (unpaired) electrons. The van der Waals surface area contributed by atoms with E-state index in [4.69, 9.17) is 0 Å². The van der Waals surface area contributed by atoms with E-state index in [0.717, 1.165) is 30.2 Å². The number of aromatic nitrogens is 2. The summed E-state index contributed by atoms with van der Waals surface area (Å²) in [6.07, 6.45) is 3.56. The van der Waals surface area contributed by atoms with Crippen LogP contribution in [0.2, 0.25) is 0 Å². The van der Waals surface area contributed by atoms with E-state index in [2.05, 4.69) is 29.1 Å². The van der Waals surface area contributed by atoms with Crippen molar-refractivity contribution >= 4 is 22.7 Å². The van der Waals surface area contributed by atoms with Crippen molar-refractivity contribution in [1.29, 1.82) is 0 Å². The van der Waals surface area contributed by atoms with E-state index in [-0.39, 0.29) is 5.69 Å². The molecule has 112 valence electrons. The van der Waals surface area contributed by atoms with Gasteiger partial charge >= 0.3 is 0 Å². The van der Waals surface area contributed by atoms with Crippen molar-refractivity contribution in [2.24, 2.45) is 11.8 Å². The number of rotatable bonds is 3. The summed E-state index contributed by atoms with van der Waals surface area (Å²) in [5, 5.41) is 14.2. The number of non-ortho nitro benzene ring substituents is 1. The maximum atomic E-state index is 10.8. The zero-order valence-electron chi connectivity index (χ0n) is 12.3. The summed E-state index contributed by atoms with van der Waals surface area (Å²) in [6, 6.07) is 5.11. The Bertz CT molecular complexity index is 657. The molecule has 2 aromatic rings. The summed E-state index contributed by atoms with van der Waals surface area (Å²) in [4.78, 5) is 18.0. The lowest BCUT2D eigenvalue weighted by molar-refractivity contribution is -0.384. The first-order valence-electron chi connectivity index (χ1n) is 7.42. The third-order valence-electron chi connectivity index (χ3n) is 4.20. The fourth-order valence-electron chi connectivity index (χ4n) is 3.44. The smallest absolute Gasteiger partial charge is 0.271 e. The molecular formula is C15H20N4O2. The fourth-order valence-corrected chi connectivity index (χ4v) is 3.44. The summed E-state index contributed by atoms with van der Waals surface area (Å²) >= 11 is 0. The number of anilines is 1. The topological polar surface area (TPSA) is 83.8 Å². The van der Waals surface area contributed by atoms with Crippen LogP contribution in [0.4, 0.5) is 11.6 Å². The molecule has 1 heterocycles. The maximum absolute atomic E-state index is 10.8. The van der Waals surface area contributed by atoms with Gasteiger partial charge in [-0.05, 0) is 37.2 Å². The van der Waals surface area contributed by atoms with Gasteiger partial charge in [0.15, 0.2) is 0 Å². The predicted molar refractivity (Wildman–Crippen MR) is 82.3 cm³/mol. The molecule has 3 rings (SSSR count). The molecule has 2 unspecified atom stereocenters. The molecule has 1 aromatic carbocycles. The van der Waals surface area contributed by atoms with E-state index in [1.54, 1.807) is 6.07 Å². The maximum Gasteiger partial charge on any atom is 0.271 e. The summed E-state index contributed by atoms with van der Waals surface area (Å²) in [7, 11) is 0. The van der Waals surface area contributed by atoms with Gasteiger partial charge in [-0.3, -0.25) is 10.1 Å². The van der Waals surface area contributed by atoms with Crippen molar-refractivity contribution in [2.45, 2.75) is 39.2 Å². The van der Waals surface area contributed by atoms with Crippen LogP contribution in [0, 0.1) is 22.0 Å². The highest BCUT2D eigenvalue weighted by Gasteiger charge is 2.24. The number of nitro groups is 1. The molecule has 1 saturated carbocycles. The van der Waals surface area contributed by atoms with Crippen LogP contribution in [0.25, 0.3) is 11.0 Å². The van der Waals surface area contributed by atoms with E-state index in [9.17, 15) is 10.1 Å². The summed E-state index contributed by atoms with van der Waals surface area (Å²) < 4.78 is 0. The zero-order valence-corrected chi connectivity index (χ0v) is 12.3. The number of hydrogen-bond donors (Lipinski definition) is 2. The van der Waals surface area contributed by atoms with Gasteiger partial charge in [0, 0.05) is 18.2 Å². The van der Waals surface area contributed by atoms with E-state index in [1.165, 1.54) is 18.6 Å². The molecule has 0 saturated heterocycles. The van der Waals surface area contributed by atoms with Crippen molar-refractivity contribution in [3.8, 4) is 0 Å². The molecule has 6 nitrogen and oxygen atoms in total. The first-order valence-corrected chi connectivity index (χ1v) is 7.42. The van der Waals surface area contributed by atoms with Gasteiger partial charge in [0.05, 0.1) is 16.0 Å². The molecule has 1 aromatic heterocycles. The monoisotopic (exact) mass is 288 g/mol. The van der Waals surface area contributed by atoms with E-state index in [1.807, 2.05) is 0 Å². The second kappa shape index (κ2) is 5.35. The van der Waals surface area contributed by atoms with Crippen LogP contribution in [-0.4, -0.2) is 20.9 Å². The highest BCUT2D eigenvalue weighted by molar-refractivity contribution is 5.79. The Morgan fingerprint density at radius 3 is 2.67 bits per heavy atom. The molecule has 6 heteroatoms. The summed E-state index contributed by atoms with van der Waals surface area (Å²) in [6.45, 7) is 4.57. The van der Waals surface area contributed by atoms with Crippen LogP contribution >= 0.6 is 0 Å². The van der Waals surface area contributed by atoms with Crippen molar-refractivity contribution < 1.29 is 4.92 Å². The third kappa shape index (κ3) is 2.99. The molecule has 1 fully saturated rings. The number of H-pyrrole nitrogens is 1. The molecule has 0 amide bonds. The van der Waals surface area contributed by atoms with Gasteiger partial charge in [0.2, 0.25) is 5.95 Å². The lowest BCUT2D eigenvalue weighted by Gasteiger charge is -2.31. The average Bonchev–Trinajstić information content (AvgIpc) is 2.78. The quantitative estimate of drug-likeness (QED) is 0.666. The van der Waals surface area contributed by atoms with Crippen LogP contribution in [0.1, 0.15) is 33.1 Å². The minimum absolute atomic E-state index is 0.0811. The fraction of sp³-hybridized carbons (Fsp3) is 0.533. The Hall–Kier alpha value is -2.11. The number of nitrogens with zero attached hydrogens (tertiary/aromatic N) is 2. The van der Waals surface area contributed by atoms with Gasteiger partial charge < -0.3 is 10.3 Å². The average molecular weight is 288 g/mol. The Balaban J connectivity index is 1.79. The number of benzene rings is 1. The minimum atomic E-state index is -0.391. The summed E-state index contributed by atoms with van der Waals surface area (Å²) in [5.41, 5.74) is 1.53. The number of nitro benzene ring substituents is 1. The first-order chi connectivity index (χ1) is 10.0. The summed E-state index contributed by atoms with van der Waals surface area (Å²) in [5.74, 6) is 2.14. The van der Waals surface area contributed by atoms with Gasteiger partial charge in [-0.1, -0.05) is 13.8 Å². The molecule has 0 aliphatic heterocycles. The van der Waals surface area contributed by atoms with Crippen molar-refractivity contribution in [3.63, 3.8) is 0 Å². The van der Waals surface area contributed by atoms with Gasteiger partial charge in [0.1, 0.15) is 0 Å². The zero-order chi connectivity index (χ0) is 15.0. The molecule has 0 bridgehead atoms. The third-order valence-corrected chi connectivity index (χ3v) is 4.20. The predicted octanol–water partition coefficient (Wildman–Crippen LogP) is 3.71. The number of imidazole rings is 1. The van der Waals surface area contributed by atoms with Gasteiger partial charge in [-0.15, -0.1) is 0 Å². The number of hydrogen-bond acceptors (Lipinski definition) is 4. The van der Waals surface area contributed by atoms with Gasteiger partial charge in [-0.2, -0.15) is 0 Å². The van der Waals surface area contributed by atoms with Crippen LogP contribution in [0.5, 0.6) is 0 Å². The van der Waals surface area contributed by atoms with E-state index < -0.39 is 4.92 Å². The normalized spacial score (nSPS) is 25.9. The second-order valence-corrected chi connectivity index (χ2v) is 6.30. The second-order valence-electron chi connectivity index (χ2n) is 6.30. The molecule has 1 aliphatic rings. The van der Waals surface area contributed by atoms with Crippen LogP contribution in [-0.2, 0) is 0 Å². The SMILES string of the molecule is CC1CC(C)CC(Nc2nc3ccc([N+](=O)[O-])cc3[nH]2)C1. The lowest BCUT2D eigenvalue weighted by Crippen LogP contribution is -2.30. The molecule has 1 aliphatic carbocycles.